The van der Waals surface area contributed by atoms with Gasteiger partial charge in [0.15, 0.2) is 0 Å². The van der Waals surface area contributed by atoms with Crippen molar-refractivity contribution in [3.8, 4) is 0 Å². The molecule has 0 fully saturated rings. The molecule has 1 atom stereocenters. The molecule has 1 rings (SSSR count). The number of hydrogen-bond acceptors (Lipinski definition) is 3. The lowest BCUT2D eigenvalue weighted by atomic mass is 10.1. The second-order valence-electron chi connectivity index (χ2n) is 5.40. The van der Waals surface area contributed by atoms with Gasteiger partial charge in [-0.2, -0.15) is 0 Å². The average molecular weight is 302 g/mol. The molecular weight excluding hydrogens is 279 g/mol. The third kappa shape index (κ3) is 4.01. The molecule has 114 valence electrons. The normalized spacial score (nSPS) is 13.8. The molecule has 0 saturated carbocycles. The molecule has 0 aromatic heterocycles. The first-order valence-corrected chi connectivity index (χ1v) is 8.13. The average Bonchev–Trinajstić information content (AvgIpc) is 2.34. The zero-order valence-electron chi connectivity index (χ0n) is 12.6. The topological polar surface area (TPSA) is 58.2 Å². The Morgan fingerprint density at radius 2 is 1.85 bits per heavy atom. The van der Waals surface area contributed by atoms with Gasteiger partial charge >= 0.3 is 0 Å². The van der Waals surface area contributed by atoms with Crippen LogP contribution in [0.3, 0.4) is 0 Å². The quantitative estimate of drug-likeness (QED) is 0.847. The largest absolute Gasteiger partial charge is 0.316 e. The van der Waals surface area contributed by atoms with Crippen molar-refractivity contribution in [2.75, 3.05) is 7.05 Å². The van der Waals surface area contributed by atoms with Gasteiger partial charge in [0, 0.05) is 18.2 Å². The molecule has 2 N–H and O–H groups in total. The van der Waals surface area contributed by atoms with Gasteiger partial charge in [0.25, 0.3) is 0 Å². The van der Waals surface area contributed by atoms with Crippen LogP contribution < -0.4 is 10.0 Å². The molecule has 0 heterocycles. The highest BCUT2D eigenvalue weighted by Gasteiger charge is 2.21. The molecule has 4 nitrogen and oxygen atoms in total. The summed E-state index contributed by atoms with van der Waals surface area (Å²) in [5.41, 5.74) is 0.681. The summed E-state index contributed by atoms with van der Waals surface area (Å²) in [5.74, 6) is -0.182. The Bertz CT molecular complexity index is 571. The highest BCUT2D eigenvalue weighted by molar-refractivity contribution is 7.89. The first kappa shape index (κ1) is 17.1. The van der Waals surface area contributed by atoms with Crippen molar-refractivity contribution in [1.82, 2.24) is 10.0 Å². The summed E-state index contributed by atoms with van der Waals surface area (Å²) < 4.78 is 41.1. The van der Waals surface area contributed by atoms with Gasteiger partial charge in [-0.15, -0.1) is 0 Å². The molecule has 20 heavy (non-hydrogen) atoms. The van der Waals surface area contributed by atoms with Crippen LogP contribution in [-0.4, -0.2) is 21.5 Å². The van der Waals surface area contributed by atoms with Gasteiger partial charge in [0.05, 0.1) is 4.90 Å². The van der Waals surface area contributed by atoms with E-state index in [1.54, 1.807) is 14.0 Å². The lowest BCUT2D eigenvalue weighted by Crippen LogP contribution is -2.36. The Labute approximate surface area is 120 Å². The Kier molecular flexibility index (Phi) is 5.68. The molecule has 0 aliphatic carbocycles. The number of halogens is 1. The van der Waals surface area contributed by atoms with Gasteiger partial charge in [0.2, 0.25) is 10.0 Å². The van der Waals surface area contributed by atoms with E-state index in [1.807, 2.05) is 20.8 Å². The fourth-order valence-electron chi connectivity index (χ4n) is 1.73. The minimum atomic E-state index is -3.63. The first-order valence-electron chi connectivity index (χ1n) is 6.65. The summed E-state index contributed by atoms with van der Waals surface area (Å²) in [5, 5.41) is 2.83. The monoisotopic (exact) mass is 302 g/mol. The SMILES string of the molecule is CNCc1cc(S(=O)(=O)NC(C)C(C)C)cc(C)c1F. The second kappa shape index (κ2) is 6.65. The van der Waals surface area contributed by atoms with Crippen molar-refractivity contribution in [3.05, 3.63) is 29.1 Å². The Balaban J connectivity index is 3.19. The van der Waals surface area contributed by atoms with E-state index in [9.17, 15) is 12.8 Å². The number of aryl methyl sites for hydroxylation is 1. The summed E-state index contributed by atoms with van der Waals surface area (Å²) >= 11 is 0. The van der Waals surface area contributed by atoms with Gasteiger partial charge in [-0.25, -0.2) is 17.5 Å². The van der Waals surface area contributed by atoms with E-state index in [-0.39, 0.29) is 29.2 Å². The first-order chi connectivity index (χ1) is 9.19. The second-order valence-corrected chi connectivity index (χ2v) is 7.11. The van der Waals surface area contributed by atoms with Crippen molar-refractivity contribution in [2.24, 2.45) is 5.92 Å². The molecule has 0 bridgehead atoms. The van der Waals surface area contributed by atoms with E-state index < -0.39 is 10.0 Å². The molecule has 0 spiro atoms. The summed E-state index contributed by atoms with van der Waals surface area (Å²) in [6.45, 7) is 7.55. The van der Waals surface area contributed by atoms with Crippen molar-refractivity contribution >= 4 is 10.0 Å². The van der Waals surface area contributed by atoms with E-state index in [4.69, 9.17) is 0 Å². The Hall–Kier alpha value is -0.980. The fourth-order valence-corrected chi connectivity index (χ4v) is 3.26. The molecule has 0 radical (unpaired) electrons. The number of benzene rings is 1. The van der Waals surface area contributed by atoms with Gasteiger partial charge in [-0.1, -0.05) is 13.8 Å². The third-order valence-corrected chi connectivity index (χ3v) is 4.86. The van der Waals surface area contributed by atoms with Crippen molar-refractivity contribution in [3.63, 3.8) is 0 Å². The van der Waals surface area contributed by atoms with Crippen LogP contribution in [0.25, 0.3) is 0 Å². The van der Waals surface area contributed by atoms with E-state index >= 15 is 0 Å². The lowest BCUT2D eigenvalue weighted by molar-refractivity contribution is 0.476. The fraction of sp³-hybridized carbons (Fsp3) is 0.571. The Morgan fingerprint density at radius 3 is 2.35 bits per heavy atom. The van der Waals surface area contributed by atoms with E-state index in [0.717, 1.165) is 0 Å². The minimum Gasteiger partial charge on any atom is -0.316 e. The van der Waals surface area contributed by atoms with Gasteiger partial charge in [-0.3, -0.25) is 0 Å². The number of hydrogen-bond donors (Lipinski definition) is 2. The summed E-state index contributed by atoms with van der Waals surface area (Å²) in [4.78, 5) is 0.106. The Morgan fingerprint density at radius 1 is 1.25 bits per heavy atom. The molecule has 1 unspecified atom stereocenters. The van der Waals surface area contributed by atoms with Crippen LogP contribution in [0.1, 0.15) is 31.9 Å². The summed E-state index contributed by atoms with van der Waals surface area (Å²) in [6.07, 6.45) is 0. The maximum atomic E-state index is 13.9. The minimum absolute atomic E-state index is 0.106. The number of rotatable bonds is 6. The van der Waals surface area contributed by atoms with Crippen molar-refractivity contribution < 1.29 is 12.8 Å². The molecular formula is C14H23FN2O2S. The van der Waals surface area contributed by atoms with Crippen LogP contribution in [-0.2, 0) is 16.6 Å². The zero-order chi connectivity index (χ0) is 15.5. The van der Waals surface area contributed by atoms with Crippen LogP contribution in [0.4, 0.5) is 4.39 Å². The smallest absolute Gasteiger partial charge is 0.240 e. The highest BCUT2D eigenvalue weighted by Crippen LogP contribution is 2.20. The summed E-state index contributed by atoms with van der Waals surface area (Å²) in [6, 6.07) is 2.57. The van der Waals surface area contributed by atoms with Gasteiger partial charge < -0.3 is 5.32 Å². The number of nitrogens with one attached hydrogen (secondary N) is 2. The van der Waals surface area contributed by atoms with Crippen LogP contribution in [0.5, 0.6) is 0 Å². The maximum Gasteiger partial charge on any atom is 0.240 e. The van der Waals surface area contributed by atoms with Gasteiger partial charge in [-0.05, 0) is 44.5 Å². The number of sulfonamides is 1. The molecule has 6 heteroatoms. The van der Waals surface area contributed by atoms with Crippen molar-refractivity contribution in [2.45, 2.75) is 45.2 Å². The van der Waals surface area contributed by atoms with Crippen LogP contribution in [0.2, 0.25) is 0 Å². The van der Waals surface area contributed by atoms with Crippen LogP contribution in [0, 0.1) is 18.7 Å². The van der Waals surface area contributed by atoms with E-state index in [1.165, 1.54) is 12.1 Å². The van der Waals surface area contributed by atoms with Gasteiger partial charge in [0.1, 0.15) is 5.82 Å². The maximum absolute atomic E-state index is 13.9. The third-order valence-electron chi connectivity index (χ3n) is 3.32. The lowest BCUT2D eigenvalue weighted by Gasteiger charge is -2.18. The van der Waals surface area contributed by atoms with E-state index in [0.29, 0.717) is 11.1 Å². The molecule has 0 amide bonds. The molecule has 1 aromatic carbocycles. The predicted octanol–water partition coefficient (Wildman–Crippen LogP) is 2.18. The molecule has 0 saturated heterocycles. The van der Waals surface area contributed by atoms with E-state index in [2.05, 4.69) is 10.0 Å². The zero-order valence-corrected chi connectivity index (χ0v) is 13.4. The van der Waals surface area contributed by atoms with Crippen LogP contribution in [0.15, 0.2) is 17.0 Å². The molecule has 0 aliphatic heterocycles. The molecule has 0 aliphatic rings. The molecule has 1 aromatic rings. The highest BCUT2D eigenvalue weighted by atomic mass is 32.2. The van der Waals surface area contributed by atoms with Crippen LogP contribution >= 0.6 is 0 Å². The van der Waals surface area contributed by atoms with Crippen molar-refractivity contribution in [1.29, 1.82) is 0 Å². The standard InChI is InChI=1S/C14H23FN2O2S/c1-9(2)11(4)17-20(18,19)13-6-10(3)14(15)12(7-13)8-16-5/h6-7,9,11,16-17H,8H2,1-5H3. The summed E-state index contributed by atoms with van der Waals surface area (Å²) in [7, 11) is -1.94. The predicted molar refractivity (Wildman–Crippen MR) is 78.5 cm³/mol.